The Morgan fingerprint density at radius 2 is 2.32 bits per heavy atom. The van der Waals surface area contributed by atoms with Gasteiger partial charge in [0, 0.05) is 25.9 Å². The van der Waals surface area contributed by atoms with Gasteiger partial charge in [0.1, 0.15) is 0 Å². The number of rotatable bonds is 4. The standard InChI is InChI=1S/C10H17N5O2.C2H6/c1-8-7-15(5-6-17-8)10(16)4-2-3-9-11-13-14-12-9;1-2/h8H,2-7H2,1H3,(H,11,12,13,14);1-2H3. The highest BCUT2D eigenvalue weighted by Crippen LogP contribution is 2.08. The number of aryl methyl sites for hydroxylation is 1. The van der Waals surface area contributed by atoms with Gasteiger partial charge in [-0.3, -0.25) is 4.79 Å². The SMILES string of the molecule is CC.CC1CN(C(=O)CCCc2nn[nH]n2)CCO1. The van der Waals surface area contributed by atoms with Crippen molar-refractivity contribution in [2.45, 2.75) is 46.1 Å². The number of tetrazole rings is 1. The lowest BCUT2D eigenvalue weighted by atomic mass is 10.2. The number of aromatic amines is 1. The van der Waals surface area contributed by atoms with E-state index in [-0.39, 0.29) is 12.0 Å². The summed E-state index contributed by atoms with van der Waals surface area (Å²) in [7, 11) is 0. The van der Waals surface area contributed by atoms with Crippen LogP contribution in [0.3, 0.4) is 0 Å². The van der Waals surface area contributed by atoms with Gasteiger partial charge >= 0.3 is 0 Å². The lowest BCUT2D eigenvalue weighted by Crippen LogP contribution is -2.44. The van der Waals surface area contributed by atoms with E-state index < -0.39 is 0 Å². The van der Waals surface area contributed by atoms with Gasteiger partial charge in [-0.2, -0.15) is 5.21 Å². The summed E-state index contributed by atoms with van der Waals surface area (Å²) >= 11 is 0. The molecule has 1 amide bonds. The zero-order chi connectivity index (χ0) is 14.1. The molecule has 108 valence electrons. The molecule has 0 radical (unpaired) electrons. The highest BCUT2D eigenvalue weighted by Gasteiger charge is 2.20. The highest BCUT2D eigenvalue weighted by molar-refractivity contribution is 5.76. The van der Waals surface area contributed by atoms with Crippen LogP contribution in [0, 0.1) is 0 Å². The van der Waals surface area contributed by atoms with Crippen LogP contribution in [0.2, 0.25) is 0 Å². The van der Waals surface area contributed by atoms with E-state index in [1.165, 1.54) is 0 Å². The fraction of sp³-hybridized carbons (Fsp3) is 0.833. The zero-order valence-corrected chi connectivity index (χ0v) is 11.9. The fourth-order valence-corrected chi connectivity index (χ4v) is 1.89. The first kappa shape index (κ1) is 15.6. The van der Waals surface area contributed by atoms with E-state index in [1.807, 2.05) is 25.7 Å². The first-order valence-corrected chi connectivity index (χ1v) is 6.87. The number of hydrogen-bond acceptors (Lipinski definition) is 5. The van der Waals surface area contributed by atoms with Crippen molar-refractivity contribution in [2.75, 3.05) is 19.7 Å². The van der Waals surface area contributed by atoms with Gasteiger partial charge in [-0.15, -0.1) is 10.2 Å². The molecule has 0 bridgehead atoms. The van der Waals surface area contributed by atoms with E-state index in [4.69, 9.17) is 4.74 Å². The maximum absolute atomic E-state index is 11.9. The smallest absolute Gasteiger partial charge is 0.222 e. The van der Waals surface area contributed by atoms with Crippen molar-refractivity contribution in [1.29, 1.82) is 0 Å². The highest BCUT2D eigenvalue weighted by atomic mass is 16.5. The summed E-state index contributed by atoms with van der Waals surface area (Å²) in [5.41, 5.74) is 0. The first-order valence-electron chi connectivity index (χ1n) is 6.87. The summed E-state index contributed by atoms with van der Waals surface area (Å²) < 4.78 is 5.40. The largest absolute Gasteiger partial charge is 0.375 e. The molecule has 0 aliphatic carbocycles. The van der Waals surface area contributed by atoms with Crippen LogP contribution in [0.15, 0.2) is 0 Å². The number of H-pyrrole nitrogens is 1. The minimum Gasteiger partial charge on any atom is -0.375 e. The number of hydrogen-bond donors (Lipinski definition) is 1. The predicted molar refractivity (Wildman–Crippen MR) is 70.5 cm³/mol. The van der Waals surface area contributed by atoms with E-state index in [1.54, 1.807) is 0 Å². The summed E-state index contributed by atoms with van der Waals surface area (Å²) in [5, 5.41) is 13.6. The summed E-state index contributed by atoms with van der Waals surface area (Å²) in [6.07, 6.45) is 2.11. The average Bonchev–Trinajstić information content (AvgIpc) is 2.94. The molecule has 1 atom stereocenters. The number of nitrogens with one attached hydrogen (secondary N) is 1. The van der Waals surface area contributed by atoms with Crippen molar-refractivity contribution >= 4 is 5.91 Å². The molecule has 1 aromatic heterocycles. The Labute approximate surface area is 113 Å². The molecule has 19 heavy (non-hydrogen) atoms. The molecule has 1 unspecified atom stereocenters. The van der Waals surface area contributed by atoms with Crippen LogP contribution in [-0.2, 0) is 16.0 Å². The van der Waals surface area contributed by atoms with Gasteiger partial charge in [0.15, 0.2) is 5.82 Å². The molecular formula is C12H23N5O2. The minimum absolute atomic E-state index is 0.143. The van der Waals surface area contributed by atoms with Crippen LogP contribution in [0.5, 0.6) is 0 Å². The van der Waals surface area contributed by atoms with Gasteiger partial charge in [0.05, 0.1) is 12.7 Å². The van der Waals surface area contributed by atoms with Crippen LogP contribution >= 0.6 is 0 Å². The van der Waals surface area contributed by atoms with Gasteiger partial charge in [0.25, 0.3) is 0 Å². The normalized spacial score (nSPS) is 18.7. The van der Waals surface area contributed by atoms with Crippen LogP contribution in [0.1, 0.15) is 39.4 Å². The number of ether oxygens (including phenoxy) is 1. The van der Waals surface area contributed by atoms with E-state index in [0.29, 0.717) is 38.4 Å². The van der Waals surface area contributed by atoms with Crippen LogP contribution in [-0.4, -0.2) is 57.2 Å². The van der Waals surface area contributed by atoms with Gasteiger partial charge in [-0.1, -0.05) is 19.1 Å². The molecule has 0 aromatic carbocycles. The molecule has 7 nitrogen and oxygen atoms in total. The Hall–Kier alpha value is -1.50. The zero-order valence-electron chi connectivity index (χ0n) is 11.9. The molecule has 0 spiro atoms. The molecule has 1 saturated heterocycles. The third-order valence-corrected chi connectivity index (χ3v) is 2.77. The number of nitrogens with zero attached hydrogens (tertiary/aromatic N) is 4. The van der Waals surface area contributed by atoms with Gasteiger partial charge in [0.2, 0.25) is 5.91 Å². The molecule has 1 aliphatic rings. The molecule has 2 rings (SSSR count). The lowest BCUT2D eigenvalue weighted by molar-refractivity contribution is -0.138. The molecule has 1 aliphatic heterocycles. The molecule has 7 heteroatoms. The third-order valence-electron chi connectivity index (χ3n) is 2.77. The van der Waals surface area contributed by atoms with Crippen molar-refractivity contribution in [1.82, 2.24) is 25.5 Å². The van der Waals surface area contributed by atoms with Crippen molar-refractivity contribution < 1.29 is 9.53 Å². The van der Waals surface area contributed by atoms with Crippen molar-refractivity contribution in [3.8, 4) is 0 Å². The van der Waals surface area contributed by atoms with Crippen molar-refractivity contribution in [3.05, 3.63) is 5.82 Å². The topological polar surface area (TPSA) is 84.0 Å². The number of aromatic nitrogens is 4. The second-order valence-electron chi connectivity index (χ2n) is 4.20. The van der Waals surface area contributed by atoms with Crippen LogP contribution < -0.4 is 0 Å². The van der Waals surface area contributed by atoms with Crippen LogP contribution in [0.4, 0.5) is 0 Å². The van der Waals surface area contributed by atoms with Crippen LogP contribution in [0.25, 0.3) is 0 Å². The Balaban J connectivity index is 0.000000861. The third kappa shape index (κ3) is 5.34. The maximum atomic E-state index is 11.9. The second-order valence-corrected chi connectivity index (χ2v) is 4.20. The van der Waals surface area contributed by atoms with E-state index in [0.717, 1.165) is 6.42 Å². The Morgan fingerprint density at radius 1 is 1.53 bits per heavy atom. The second kappa shape index (κ2) is 8.58. The monoisotopic (exact) mass is 269 g/mol. The number of carbonyl (C=O) groups excluding carboxylic acids is 1. The minimum atomic E-state index is 0.143. The summed E-state index contributed by atoms with van der Waals surface area (Å²) in [5.74, 6) is 0.844. The van der Waals surface area contributed by atoms with E-state index in [9.17, 15) is 4.79 Å². The van der Waals surface area contributed by atoms with Crippen molar-refractivity contribution in [3.63, 3.8) is 0 Å². The van der Waals surface area contributed by atoms with Gasteiger partial charge in [-0.05, 0) is 13.3 Å². The van der Waals surface area contributed by atoms with Crippen molar-refractivity contribution in [2.24, 2.45) is 0 Å². The Morgan fingerprint density at radius 3 is 2.95 bits per heavy atom. The molecule has 1 aromatic rings. The fourth-order valence-electron chi connectivity index (χ4n) is 1.89. The predicted octanol–water partition coefficient (Wildman–Crippen LogP) is 0.796. The average molecular weight is 269 g/mol. The molecule has 1 N–H and O–H groups in total. The Kier molecular flexibility index (Phi) is 7.02. The first-order chi connectivity index (χ1) is 9.25. The number of amides is 1. The summed E-state index contributed by atoms with van der Waals surface area (Å²) in [4.78, 5) is 13.7. The number of carbonyl (C=O) groups is 1. The maximum Gasteiger partial charge on any atom is 0.222 e. The molecule has 0 saturated carbocycles. The summed E-state index contributed by atoms with van der Waals surface area (Å²) in [6.45, 7) is 8.02. The van der Waals surface area contributed by atoms with E-state index in [2.05, 4.69) is 20.6 Å². The number of morpholine rings is 1. The van der Waals surface area contributed by atoms with Gasteiger partial charge < -0.3 is 9.64 Å². The molecule has 2 heterocycles. The lowest BCUT2D eigenvalue weighted by Gasteiger charge is -2.31. The summed E-state index contributed by atoms with van der Waals surface area (Å²) in [6, 6.07) is 0. The quantitative estimate of drug-likeness (QED) is 0.874. The van der Waals surface area contributed by atoms with Gasteiger partial charge in [-0.25, -0.2) is 0 Å². The molecule has 1 fully saturated rings. The molecular weight excluding hydrogens is 246 g/mol. The van der Waals surface area contributed by atoms with E-state index >= 15 is 0 Å². The Bertz CT molecular complexity index is 355.